The number of benzene rings is 1. The molecule has 0 bridgehead atoms. The molecule has 0 radical (unpaired) electrons. The Balaban J connectivity index is 1.90. The van der Waals surface area contributed by atoms with E-state index < -0.39 is 4.92 Å². The summed E-state index contributed by atoms with van der Waals surface area (Å²) in [4.78, 5) is 26.0. The molecule has 0 N–H and O–H groups in total. The highest BCUT2D eigenvalue weighted by atomic mass is 16.6. The molecule has 0 saturated carbocycles. The maximum atomic E-state index is 11.5. The summed E-state index contributed by atoms with van der Waals surface area (Å²) in [7, 11) is 0. The Kier molecular flexibility index (Phi) is 3.69. The van der Waals surface area contributed by atoms with Gasteiger partial charge in [0.2, 0.25) is 0 Å². The van der Waals surface area contributed by atoms with Gasteiger partial charge in [-0.2, -0.15) is 0 Å². The highest BCUT2D eigenvalue weighted by molar-refractivity contribution is 5.80. The van der Waals surface area contributed by atoms with Crippen LogP contribution in [0.5, 0.6) is 0 Å². The van der Waals surface area contributed by atoms with E-state index in [0.717, 1.165) is 16.5 Å². The highest BCUT2D eigenvalue weighted by Crippen LogP contribution is 2.20. The van der Waals surface area contributed by atoms with E-state index in [1.54, 1.807) is 11.5 Å². The van der Waals surface area contributed by atoms with Crippen molar-refractivity contribution in [2.75, 3.05) is 0 Å². The minimum atomic E-state index is -0.442. The van der Waals surface area contributed by atoms with Crippen LogP contribution in [0.2, 0.25) is 0 Å². The van der Waals surface area contributed by atoms with Crippen LogP contribution in [-0.2, 0) is 13.0 Å². The SMILES string of the molecule is Cc1cc(=O)oc2cc(CCn3c([N+](=O)[O-])cnc3C)ccc12. The van der Waals surface area contributed by atoms with Crippen LogP contribution >= 0.6 is 0 Å². The quantitative estimate of drug-likeness (QED) is 0.419. The summed E-state index contributed by atoms with van der Waals surface area (Å²) >= 11 is 0. The van der Waals surface area contributed by atoms with Crippen LogP contribution in [-0.4, -0.2) is 14.5 Å². The zero-order chi connectivity index (χ0) is 16.6. The molecular formula is C16H15N3O4. The van der Waals surface area contributed by atoms with Gasteiger partial charge in [-0.05, 0) is 29.0 Å². The number of aromatic nitrogens is 2. The van der Waals surface area contributed by atoms with Crippen LogP contribution in [0.1, 0.15) is 17.0 Å². The van der Waals surface area contributed by atoms with Gasteiger partial charge < -0.3 is 14.5 Å². The minimum absolute atomic E-state index is 0.0225. The van der Waals surface area contributed by atoms with Gasteiger partial charge in [-0.25, -0.2) is 14.3 Å². The van der Waals surface area contributed by atoms with Crippen LogP contribution in [0.3, 0.4) is 0 Å². The second-order valence-electron chi connectivity index (χ2n) is 5.40. The van der Waals surface area contributed by atoms with Gasteiger partial charge in [0, 0.05) is 24.8 Å². The van der Waals surface area contributed by atoms with Crippen molar-refractivity contribution in [2.24, 2.45) is 0 Å². The van der Waals surface area contributed by atoms with Crippen LogP contribution in [0.25, 0.3) is 11.0 Å². The lowest BCUT2D eigenvalue weighted by Crippen LogP contribution is -2.07. The maximum absolute atomic E-state index is 11.5. The lowest BCUT2D eigenvalue weighted by atomic mass is 10.1. The van der Waals surface area contributed by atoms with E-state index in [2.05, 4.69) is 4.98 Å². The first-order chi connectivity index (χ1) is 11.0. The van der Waals surface area contributed by atoms with Gasteiger partial charge in [-0.15, -0.1) is 0 Å². The van der Waals surface area contributed by atoms with Crippen LogP contribution in [0.15, 0.2) is 39.7 Å². The fraction of sp³-hybridized carbons (Fsp3) is 0.250. The van der Waals surface area contributed by atoms with E-state index in [9.17, 15) is 14.9 Å². The van der Waals surface area contributed by atoms with Crippen molar-refractivity contribution in [3.05, 3.63) is 67.9 Å². The zero-order valence-corrected chi connectivity index (χ0v) is 12.8. The molecule has 7 nitrogen and oxygen atoms in total. The monoisotopic (exact) mass is 313 g/mol. The third-order valence-electron chi connectivity index (χ3n) is 3.86. The Morgan fingerprint density at radius 1 is 1.30 bits per heavy atom. The number of nitrogens with zero attached hydrogens (tertiary/aromatic N) is 3. The normalized spacial score (nSPS) is 11.0. The molecule has 0 amide bonds. The van der Waals surface area contributed by atoms with Crippen molar-refractivity contribution in [1.82, 2.24) is 9.55 Å². The van der Waals surface area contributed by atoms with Gasteiger partial charge in [0.05, 0.1) is 6.54 Å². The van der Waals surface area contributed by atoms with Gasteiger partial charge in [-0.1, -0.05) is 12.1 Å². The minimum Gasteiger partial charge on any atom is -0.423 e. The van der Waals surface area contributed by atoms with Gasteiger partial charge in [0.25, 0.3) is 0 Å². The first-order valence-electron chi connectivity index (χ1n) is 7.15. The van der Waals surface area contributed by atoms with Crippen molar-refractivity contribution in [2.45, 2.75) is 26.8 Å². The molecular weight excluding hydrogens is 298 g/mol. The fourth-order valence-corrected chi connectivity index (χ4v) is 2.64. The van der Waals surface area contributed by atoms with Crippen molar-refractivity contribution >= 4 is 16.8 Å². The number of nitro groups is 1. The number of hydrogen-bond donors (Lipinski definition) is 0. The van der Waals surface area contributed by atoms with Gasteiger partial charge in [0.15, 0.2) is 5.82 Å². The summed E-state index contributed by atoms with van der Waals surface area (Å²) in [5.41, 5.74) is 1.95. The molecule has 0 fully saturated rings. The third kappa shape index (κ3) is 2.85. The Hall–Kier alpha value is -2.96. The molecule has 0 unspecified atom stereocenters. The lowest BCUT2D eigenvalue weighted by Gasteiger charge is -2.05. The summed E-state index contributed by atoms with van der Waals surface area (Å²) in [6.45, 7) is 4.02. The molecule has 0 aliphatic heterocycles. The molecule has 0 aliphatic rings. The molecule has 3 aromatic rings. The van der Waals surface area contributed by atoms with Crippen LogP contribution < -0.4 is 5.63 Å². The second-order valence-corrected chi connectivity index (χ2v) is 5.40. The number of aryl methyl sites for hydroxylation is 3. The molecule has 0 atom stereocenters. The van der Waals surface area contributed by atoms with Crippen molar-refractivity contribution in [1.29, 1.82) is 0 Å². The summed E-state index contributed by atoms with van der Waals surface area (Å²) in [5.74, 6) is 0.575. The zero-order valence-electron chi connectivity index (χ0n) is 12.8. The first kappa shape index (κ1) is 15.0. The molecule has 1 aromatic carbocycles. The number of rotatable bonds is 4. The predicted octanol–water partition coefficient (Wildman–Crippen LogP) is 2.76. The highest BCUT2D eigenvalue weighted by Gasteiger charge is 2.17. The number of hydrogen-bond acceptors (Lipinski definition) is 5. The summed E-state index contributed by atoms with van der Waals surface area (Å²) in [5, 5.41) is 11.9. The van der Waals surface area contributed by atoms with E-state index >= 15 is 0 Å². The average Bonchev–Trinajstić information content (AvgIpc) is 2.85. The Morgan fingerprint density at radius 3 is 2.83 bits per heavy atom. The molecule has 23 heavy (non-hydrogen) atoms. The molecule has 0 saturated heterocycles. The molecule has 0 spiro atoms. The Bertz CT molecular complexity index is 956. The van der Waals surface area contributed by atoms with Gasteiger partial charge in [-0.3, -0.25) is 0 Å². The molecule has 0 aliphatic carbocycles. The lowest BCUT2D eigenvalue weighted by molar-refractivity contribution is -0.392. The molecule has 7 heteroatoms. The first-order valence-corrected chi connectivity index (χ1v) is 7.15. The van der Waals surface area contributed by atoms with E-state index in [-0.39, 0.29) is 11.4 Å². The summed E-state index contributed by atoms with van der Waals surface area (Å²) in [6.07, 6.45) is 1.84. The maximum Gasteiger partial charge on any atom is 0.342 e. The molecule has 118 valence electrons. The predicted molar refractivity (Wildman–Crippen MR) is 84.5 cm³/mol. The van der Waals surface area contributed by atoms with Crippen LogP contribution in [0, 0.1) is 24.0 Å². The summed E-state index contributed by atoms with van der Waals surface area (Å²) in [6, 6.07) is 7.10. The fourth-order valence-electron chi connectivity index (χ4n) is 2.64. The smallest absolute Gasteiger partial charge is 0.342 e. The molecule has 2 heterocycles. The molecule has 2 aromatic heterocycles. The Labute approximate surface area is 131 Å². The standard InChI is InChI=1S/C16H15N3O4/c1-10-7-16(20)23-14-8-12(3-4-13(10)14)5-6-18-11(2)17-9-15(18)19(21)22/h3-4,7-9H,5-6H2,1-2H3. The molecule has 3 rings (SSSR count). The van der Waals surface area contributed by atoms with Gasteiger partial charge >= 0.3 is 11.4 Å². The number of fused-ring (bicyclic) bond motifs is 1. The van der Waals surface area contributed by atoms with E-state index in [1.807, 2.05) is 25.1 Å². The topological polar surface area (TPSA) is 91.2 Å². The largest absolute Gasteiger partial charge is 0.423 e. The van der Waals surface area contributed by atoms with Crippen molar-refractivity contribution < 1.29 is 9.34 Å². The third-order valence-corrected chi connectivity index (χ3v) is 3.86. The van der Waals surface area contributed by atoms with Gasteiger partial charge in [0.1, 0.15) is 11.8 Å². The second kappa shape index (κ2) is 5.68. The van der Waals surface area contributed by atoms with E-state index in [4.69, 9.17) is 4.42 Å². The van der Waals surface area contributed by atoms with Crippen LogP contribution in [0.4, 0.5) is 5.82 Å². The van der Waals surface area contributed by atoms with Crippen molar-refractivity contribution in [3.8, 4) is 0 Å². The Morgan fingerprint density at radius 2 is 2.09 bits per heavy atom. The average molecular weight is 313 g/mol. The number of imidazole rings is 1. The van der Waals surface area contributed by atoms with E-state index in [1.165, 1.54) is 12.3 Å². The van der Waals surface area contributed by atoms with E-state index in [0.29, 0.717) is 24.4 Å². The summed E-state index contributed by atoms with van der Waals surface area (Å²) < 4.78 is 6.79. The van der Waals surface area contributed by atoms with Crippen molar-refractivity contribution in [3.63, 3.8) is 0 Å².